The summed E-state index contributed by atoms with van der Waals surface area (Å²) in [5, 5.41) is 0. The van der Waals surface area contributed by atoms with E-state index in [-0.39, 0.29) is 5.97 Å². The van der Waals surface area contributed by atoms with Gasteiger partial charge in [0.05, 0.1) is 12.7 Å². The second-order valence-corrected chi connectivity index (χ2v) is 7.00. The van der Waals surface area contributed by atoms with E-state index >= 15 is 0 Å². The Hall–Kier alpha value is -1.62. The van der Waals surface area contributed by atoms with Crippen LogP contribution >= 0.6 is 0 Å². The second-order valence-electron chi connectivity index (χ2n) is 7.00. The van der Waals surface area contributed by atoms with E-state index in [0.29, 0.717) is 5.56 Å². The fourth-order valence-electron chi connectivity index (χ4n) is 4.05. The Morgan fingerprint density at radius 2 is 1.88 bits per heavy atom. The second kappa shape index (κ2) is 7.97. The van der Waals surface area contributed by atoms with E-state index in [1.165, 1.54) is 39.2 Å². The molecule has 1 aliphatic heterocycles. The Kier molecular flexibility index (Phi) is 5.72. The van der Waals surface area contributed by atoms with Crippen molar-refractivity contribution in [3.05, 3.63) is 23.9 Å². The first-order chi connectivity index (χ1) is 11.7. The van der Waals surface area contributed by atoms with Crippen molar-refractivity contribution >= 4 is 11.8 Å². The summed E-state index contributed by atoms with van der Waals surface area (Å²) >= 11 is 0. The molecular weight excluding hydrogens is 302 g/mol. The van der Waals surface area contributed by atoms with Gasteiger partial charge in [0.1, 0.15) is 5.82 Å². The molecule has 0 radical (unpaired) electrons. The molecule has 0 amide bonds. The Morgan fingerprint density at radius 1 is 1.17 bits per heavy atom. The summed E-state index contributed by atoms with van der Waals surface area (Å²) in [6, 6.07) is 4.51. The first-order valence-corrected chi connectivity index (χ1v) is 9.24. The largest absolute Gasteiger partial charge is 0.465 e. The van der Waals surface area contributed by atoms with Gasteiger partial charge in [-0.2, -0.15) is 0 Å². The predicted molar refractivity (Wildman–Crippen MR) is 95.4 cm³/mol. The zero-order chi connectivity index (χ0) is 16.9. The maximum Gasteiger partial charge on any atom is 0.339 e. The maximum atomic E-state index is 11.5. The van der Waals surface area contributed by atoms with Gasteiger partial charge >= 0.3 is 5.97 Å². The molecule has 1 aliphatic carbocycles. The van der Waals surface area contributed by atoms with Gasteiger partial charge in [-0.1, -0.05) is 13.3 Å². The average molecular weight is 331 g/mol. The van der Waals surface area contributed by atoms with Crippen molar-refractivity contribution in [2.75, 3.05) is 38.2 Å². The van der Waals surface area contributed by atoms with Crippen LogP contribution in [0.15, 0.2) is 18.3 Å². The van der Waals surface area contributed by atoms with Crippen molar-refractivity contribution in [1.82, 2.24) is 9.88 Å². The Bertz CT molecular complexity index is 530. The lowest BCUT2D eigenvalue weighted by molar-refractivity contribution is 0.0600. The molecule has 2 aliphatic rings. The van der Waals surface area contributed by atoms with Crippen LogP contribution in [-0.4, -0.2) is 55.2 Å². The molecule has 0 spiro atoms. The van der Waals surface area contributed by atoms with Crippen LogP contribution in [-0.2, 0) is 4.74 Å². The van der Waals surface area contributed by atoms with Gasteiger partial charge in [-0.3, -0.25) is 4.90 Å². The highest BCUT2D eigenvalue weighted by Gasteiger charge is 2.28. The number of aromatic nitrogens is 1. The van der Waals surface area contributed by atoms with Crippen LogP contribution in [0.3, 0.4) is 0 Å². The molecule has 5 nitrogen and oxygen atoms in total. The number of hydrogen-bond acceptors (Lipinski definition) is 5. The molecule has 1 saturated carbocycles. The van der Waals surface area contributed by atoms with Crippen molar-refractivity contribution in [1.29, 1.82) is 0 Å². The quantitative estimate of drug-likeness (QED) is 0.794. The number of methoxy groups -OCH3 is 1. The summed E-state index contributed by atoms with van der Waals surface area (Å²) in [7, 11) is 1.39. The van der Waals surface area contributed by atoms with Crippen LogP contribution in [0.2, 0.25) is 0 Å². The van der Waals surface area contributed by atoms with Crippen molar-refractivity contribution in [2.45, 2.75) is 45.1 Å². The summed E-state index contributed by atoms with van der Waals surface area (Å²) in [5.74, 6) is 1.58. The lowest BCUT2D eigenvalue weighted by Gasteiger charge is -2.42. The van der Waals surface area contributed by atoms with Crippen LogP contribution in [0, 0.1) is 5.92 Å². The topological polar surface area (TPSA) is 45.7 Å². The van der Waals surface area contributed by atoms with E-state index in [4.69, 9.17) is 4.74 Å². The minimum atomic E-state index is -0.332. The number of piperazine rings is 1. The monoisotopic (exact) mass is 331 g/mol. The Balaban J connectivity index is 1.51. The molecule has 0 N–H and O–H groups in total. The van der Waals surface area contributed by atoms with E-state index in [9.17, 15) is 4.79 Å². The van der Waals surface area contributed by atoms with E-state index in [2.05, 4.69) is 21.7 Å². The zero-order valence-electron chi connectivity index (χ0n) is 14.9. The fraction of sp³-hybridized carbons (Fsp3) is 0.684. The number of esters is 1. The van der Waals surface area contributed by atoms with Gasteiger partial charge in [0.25, 0.3) is 0 Å². The lowest BCUT2D eigenvalue weighted by atomic mass is 9.84. The minimum absolute atomic E-state index is 0.332. The summed E-state index contributed by atoms with van der Waals surface area (Å²) in [6.45, 7) is 6.57. The maximum absolute atomic E-state index is 11.5. The number of ether oxygens (including phenoxy) is 1. The van der Waals surface area contributed by atoms with Crippen molar-refractivity contribution in [3.63, 3.8) is 0 Å². The summed E-state index contributed by atoms with van der Waals surface area (Å²) < 4.78 is 4.72. The van der Waals surface area contributed by atoms with Crippen molar-refractivity contribution in [3.8, 4) is 0 Å². The molecule has 0 atom stereocenters. The van der Waals surface area contributed by atoms with E-state index in [1.54, 1.807) is 12.3 Å². The van der Waals surface area contributed by atoms with Crippen LogP contribution in [0.5, 0.6) is 0 Å². The zero-order valence-corrected chi connectivity index (χ0v) is 14.9. The molecule has 1 saturated heterocycles. The number of pyridine rings is 1. The van der Waals surface area contributed by atoms with Crippen LogP contribution in [0.4, 0.5) is 5.82 Å². The SMILES string of the molecule is CC[C@H]1CC[C@@H](N2CCN(c3ccc(C(=O)OC)cn3)CC2)CC1. The van der Waals surface area contributed by atoms with Crippen LogP contribution in [0.25, 0.3) is 0 Å². The first kappa shape index (κ1) is 17.2. The smallest absolute Gasteiger partial charge is 0.339 e. The average Bonchev–Trinajstić information content (AvgIpc) is 2.68. The summed E-state index contributed by atoms with van der Waals surface area (Å²) in [4.78, 5) is 20.9. The van der Waals surface area contributed by atoms with Gasteiger partial charge in [-0.25, -0.2) is 9.78 Å². The van der Waals surface area contributed by atoms with Crippen molar-refractivity contribution in [2.24, 2.45) is 5.92 Å². The fourth-order valence-corrected chi connectivity index (χ4v) is 4.05. The molecule has 1 aromatic heterocycles. The molecule has 2 heterocycles. The van der Waals surface area contributed by atoms with Gasteiger partial charge in [-0.15, -0.1) is 0 Å². The standard InChI is InChI=1S/C19H29N3O2/c1-3-15-4-7-17(8-5-15)21-10-12-22(13-11-21)18-9-6-16(14-20-18)19(23)24-2/h6,9,14-15,17H,3-5,7-8,10-13H2,1-2H3/t15-,17+. The molecule has 2 fully saturated rings. The van der Waals surface area contributed by atoms with Gasteiger partial charge < -0.3 is 9.64 Å². The molecule has 0 bridgehead atoms. The number of hydrogen-bond donors (Lipinski definition) is 0. The van der Waals surface area contributed by atoms with E-state index in [0.717, 1.165) is 44.0 Å². The molecule has 1 aromatic rings. The number of carbonyl (C=O) groups is 1. The third-order valence-corrected chi connectivity index (χ3v) is 5.72. The molecule has 0 unspecified atom stereocenters. The van der Waals surface area contributed by atoms with E-state index < -0.39 is 0 Å². The molecular formula is C19H29N3O2. The highest BCUT2D eigenvalue weighted by atomic mass is 16.5. The first-order valence-electron chi connectivity index (χ1n) is 9.24. The van der Waals surface area contributed by atoms with Gasteiger partial charge in [-0.05, 0) is 43.7 Å². The molecule has 3 rings (SSSR count). The summed E-state index contributed by atoms with van der Waals surface area (Å²) in [5.41, 5.74) is 0.507. The van der Waals surface area contributed by atoms with Gasteiger partial charge in [0.2, 0.25) is 0 Å². The highest BCUT2D eigenvalue weighted by Crippen LogP contribution is 2.30. The van der Waals surface area contributed by atoms with Crippen molar-refractivity contribution < 1.29 is 9.53 Å². The number of rotatable bonds is 4. The molecule has 24 heavy (non-hydrogen) atoms. The Labute approximate surface area is 145 Å². The molecule has 132 valence electrons. The van der Waals surface area contributed by atoms with Gasteiger partial charge in [0, 0.05) is 38.4 Å². The Morgan fingerprint density at radius 3 is 2.42 bits per heavy atom. The highest BCUT2D eigenvalue weighted by molar-refractivity contribution is 5.89. The number of carbonyl (C=O) groups excluding carboxylic acids is 1. The van der Waals surface area contributed by atoms with E-state index in [1.807, 2.05) is 6.07 Å². The lowest BCUT2D eigenvalue weighted by Crippen LogP contribution is -2.51. The molecule has 5 heteroatoms. The predicted octanol–water partition coefficient (Wildman–Crippen LogP) is 2.96. The van der Waals surface area contributed by atoms with Gasteiger partial charge in [0.15, 0.2) is 0 Å². The van der Waals surface area contributed by atoms with Crippen LogP contribution in [0.1, 0.15) is 49.4 Å². The number of nitrogens with zero attached hydrogens (tertiary/aromatic N) is 3. The summed E-state index contributed by atoms with van der Waals surface area (Å²) in [6.07, 6.45) is 8.48. The number of anilines is 1. The minimum Gasteiger partial charge on any atom is -0.465 e. The molecule has 0 aromatic carbocycles. The third-order valence-electron chi connectivity index (χ3n) is 5.72. The normalized spacial score (nSPS) is 25.5. The third kappa shape index (κ3) is 3.89. The van der Waals surface area contributed by atoms with Crippen LogP contribution < -0.4 is 4.90 Å².